The van der Waals surface area contributed by atoms with Crippen LogP contribution in [0, 0.1) is 0 Å². The van der Waals surface area contributed by atoms with Crippen molar-refractivity contribution in [2.75, 3.05) is 18.1 Å². The maximum absolute atomic E-state index is 11.9. The van der Waals surface area contributed by atoms with Gasteiger partial charge in [-0.15, -0.1) is 5.10 Å². The molecule has 1 aromatic heterocycles. The van der Waals surface area contributed by atoms with E-state index in [1.807, 2.05) is 0 Å². The molecule has 5 nitrogen and oxygen atoms in total. The molecule has 0 radical (unpaired) electrons. The summed E-state index contributed by atoms with van der Waals surface area (Å²) in [6, 6.07) is 0.621. The van der Waals surface area contributed by atoms with Crippen LogP contribution in [0.1, 0.15) is 12.8 Å². The zero-order chi connectivity index (χ0) is 13.7. The van der Waals surface area contributed by atoms with E-state index in [0.717, 1.165) is 6.54 Å². The number of rotatable bonds is 8. The molecule has 108 valence electrons. The second kappa shape index (κ2) is 6.80. The van der Waals surface area contributed by atoms with Gasteiger partial charge in [-0.2, -0.15) is 13.2 Å². The van der Waals surface area contributed by atoms with Gasteiger partial charge in [-0.3, -0.25) is 0 Å². The van der Waals surface area contributed by atoms with E-state index in [-0.39, 0.29) is 17.5 Å². The molecule has 0 unspecified atom stereocenters. The SMILES string of the molecule is FC(F)(F)SCCSc1nnnn1CCNC1CC1. The molecule has 2 rings (SSSR count). The summed E-state index contributed by atoms with van der Waals surface area (Å²) in [4.78, 5) is 0. The number of tetrazole rings is 1. The summed E-state index contributed by atoms with van der Waals surface area (Å²) in [7, 11) is 0. The molecule has 1 N–H and O–H groups in total. The molecular weight excluding hydrogens is 299 g/mol. The van der Waals surface area contributed by atoms with Crippen molar-refractivity contribution in [3.63, 3.8) is 0 Å². The Hall–Kier alpha value is -0.480. The van der Waals surface area contributed by atoms with Gasteiger partial charge < -0.3 is 5.32 Å². The zero-order valence-corrected chi connectivity index (χ0v) is 11.7. The summed E-state index contributed by atoms with van der Waals surface area (Å²) in [5, 5.41) is 15.1. The number of nitrogens with one attached hydrogen (secondary N) is 1. The number of halogens is 3. The van der Waals surface area contributed by atoms with E-state index in [9.17, 15) is 13.2 Å². The number of aromatic nitrogens is 4. The van der Waals surface area contributed by atoms with Crippen molar-refractivity contribution in [1.29, 1.82) is 0 Å². The molecule has 0 amide bonds. The van der Waals surface area contributed by atoms with Crippen LogP contribution >= 0.6 is 23.5 Å². The summed E-state index contributed by atoms with van der Waals surface area (Å²) in [5.74, 6) is 0.335. The van der Waals surface area contributed by atoms with Gasteiger partial charge in [0.2, 0.25) is 5.16 Å². The predicted molar refractivity (Wildman–Crippen MR) is 68.1 cm³/mol. The lowest BCUT2D eigenvalue weighted by molar-refractivity contribution is -0.0326. The van der Waals surface area contributed by atoms with E-state index in [1.165, 1.54) is 24.6 Å². The van der Waals surface area contributed by atoms with Crippen molar-refractivity contribution >= 4 is 23.5 Å². The molecule has 0 aliphatic heterocycles. The van der Waals surface area contributed by atoms with Crippen LogP contribution in [0.15, 0.2) is 5.16 Å². The molecule has 1 aliphatic rings. The average Bonchev–Trinajstić information content (AvgIpc) is 3.03. The van der Waals surface area contributed by atoms with Crippen molar-refractivity contribution in [2.24, 2.45) is 0 Å². The fraction of sp³-hybridized carbons (Fsp3) is 0.889. The number of hydrogen-bond donors (Lipinski definition) is 1. The molecule has 1 aliphatic carbocycles. The Labute approximate surface area is 117 Å². The first-order valence-corrected chi connectivity index (χ1v) is 7.85. The molecule has 0 bridgehead atoms. The highest BCUT2D eigenvalue weighted by Gasteiger charge is 2.27. The lowest BCUT2D eigenvalue weighted by atomic mass is 10.6. The fourth-order valence-electron chi connectivity index (χ4n) is 1.39. The van der Waals surface area contributed by atoms with E-state index < -0.39 is 5.51 Å². The topological polar surface area (TPSA) is 55.6 Å². The first-order valence-electron chi connectivity index (χ1n) is 5.87. The second-order valence-corrected chi connectivity index (χ2v) is 6.28. The summed E-state index contributed by atoms with van der Waals surface area (Å²) < 4.78 is 37.5. The van der Waals surface area contributed by atoms with Crippen LogP contribution in [0.5, 0.6) is 0 Å². The van der Waals surface area contributed by atoms with Gasteiger partial charge in [0.1, 0.15) is 0 Å². The summed E-state index contributed by atoms with van der Waals surface area (Å²) in [6.45, 7) is 1.42. The summed E-state index contributed by atoms with van der Waals surface area (Å²) in [6.07, 6.45) is 2.43. The van der Waals surface area contributed by atoms with Gasteiger partial charge in [-0.05, 0) is 23.3 Å². The van der Waals surface area contributed by atoms with Crippen LogP contribution in [0.3, 0.4) is 0 Å². The van der Waals surface area contributed by atoms with Crippen molar-refractivity contribution < 1.29 is 13.2 Å². The van der Waals surface area contributed by atoms with Gasteiger partial charge in [0.05, 0.1) is 6.54 Å². The minimum atomic E-state index is -4.17. The normalized spacial score (nSPS) is 15.9. The zero-order valence-electron chi connectivity index (χ0n) is 10.1. The third-order valence-electron chi connectivity index (χ3n) is 2.41. The molecule has 0 atom stereocenters. The molecule has 1 heterocycles. The van der Waals surface area contributed by atoms with E-state index in [1.54, 1.807) is 4.68 Å². The Balaban J connectivity index is 1.66. The quantitative estimate of drug-likeness (QED) is 0.583. The highest BCUT2D eigenvalue weighted by atomic mass is 32.2. The number of alkyl halides is 3. The first kappa shape index (κ1) is 14.9. The Bertz CT molecular complexity index is 393. The molecule has 1 fully saturated rings. The van der Waals surface area contributed by atoms with Crippen molar-refractivity contribution in [1.82, 2.24) is 25.5 Å². The largest absolute Gasteiger partial charge is 0.441 e. The van der Waals surface area contributed by atoms with Crippen LogP contribution < -0.4 is 5.32 Å². The number of hydrogen-bond acceptors (Lipinski definition) is 6. The van der Waals surface area contributed by atoms with Gasteiger partial charge in [0, 0.05) is 24.1 Å². The van der Waals surface area contributed by atoms with Crippen molar-refractivity contribution in [3.8, 4) is 0 Å². The molecule has 0 aromatic carbocycles. The predicted octanol–water partition coefficient (Wildman–Crippen LogP) is 1.77. The minimum absolute atomic E-state index is 0.00134. The molecule has 1 aromatic rings. The Kier molecular flexibility index (Phi) is 5.34. The third-order valence-corrected chi connectivity index (χ3v) is 4.37. The molecule has 10 heteroatoms. The smallest absolute Gasteiger partial charge is 0.312 e. The molecule has 0 spiro atoms. The second-order valence-electron chi connectivity index (χ2n) is 4.06. The Morgan fingerprint density at radius 1 is 1.32 bits per heavy atom. The average molecular weight is 313 g/mol. The van der Waals surface area contributed by atoms with Crippen LogP contribution in [-0.4, -0.2) is 49.8 Å². The Morgan fingerprint density at radius 2 is 2.11 bits per heavy atom. The van der Waals surface area contributed by atoms with E-state index in [0.29, 0.717) is 23.5 Å². The minimum Gasteiger partial charge on any atom is -0.312 e. The Morgan fingerprint density at radius 3 is 2.79 bits per heavy atom. The highest BCUT2D eigenvalue weighted by molar-refractivity contribution is 8.03. The molecule has 1 saturated carbocycles. The van der Waals surface area contributed by atoms with E-state index in [2.05, 4.69) is 20.8 Å². The molecular formula is C9H14F3N5S2. The van der Waals surface area contributed by atoms with Crippen molar-refractivity contribution in [3.05, 3.63) is 0 Å². The number of nitrogens with zero attached hydrogens (tertiary/aromatic N) is 4. The van der Waals surface area contributed by atoms with E-state index >= 15 is 0 Å². The van der Waals surface area contributed by atoms with Crippen molar-refractivity contribution in [2.45, 2.75) is 36.1 Å². The monoisotopic (exact) mass is 313 g/mol. The molecule has 19 heavy (non-hydrogen) atoms. The summed E-state index contributed by atoms with van der Waals surface area (Å²) >= 11 is 1.23. The van der Waals surface area contributed by atoms with E-state index in [4.69, 9.17) is 0 Å². The lowest BCUT2D eigenvalue weighted by Crippen LogP contribution is -2.22. The molecule has 0 saturated heterocycles. The number of thioether (sulfide) groups is 2. The van der Waals surface area contributed by atoms with Crippen LogP contribution in [-0.2, 0) is 6.54 Å². The van der Waals surface area contributed by atoms with Gasteiger partial charge in [0.25, 0.3) is 0 Å². The summed E-state index contributed by atoms with van der Waals surface area (Å²) in [5.41, 5.74) is -4.17. The van der Waals surface area contributed by atoms with Gasteiger partial charge in [-0.1, -0.05) is 23.5 Å². The maximum Gasteiger partial charge on any atom is 0.441 e. The van der Waals surface area contributed by atoms with Gasteiger partial charge in [0.15, 0.2) is 0 Å². The maximum atomic E-state index is 11.9. The van der Waals surface area contributed by atoms with Gasteiger partial charge in [-0.25, -0.2) is 4.68 Å². The van der Waals surface area contributed by atoms with Crippen LogP contribution in [0.4, 0.5) is 13.2 Å². The lowest BCUT2D eigenvalue weighted by Gasteiger charge is -2.06. The first-order chi connectivity index (χ1) is 9.04. The standard InChI is InChI=1S/C9H14F3N5S2/c10-9(11,12)19-6-5-18-8-14-15-16-17(8)4-3-13-7-1-2-7/h7,13H,1-6H2. The van der Waals surface area contributed by atoms with Gasteiger partial charge >= 0.3 is 5.51 Å². The van der Waals surface area contributed by atoms with Crippen LogP contribution in [0.2, 0.25) is 0 Å². The third kappa shape index (κ3) is 6.00. The van der Waals surface area contributed by atoms with Crippen LogP contribution in [0.25, 0.3) is 0 Å². The highest BCUT2D eigenvalue weighted by Crippen LogP contribution is 2.31. The fourth-order valence-corrected chi connectivity index (χ4v) is 2.84.